The first kappa shape index (κ1) is 25.3. The molecule has 0 unspecified atom stereocenters. The van der Waals surface area contributed by atoms with Crippen LogP contribution in [0.3, 0.4) is 0 Å². The van der Waals surface area contributed by atoms with Crippen LogP contribution in [0, 0.1) is 18.2 Å². The van der Waals surface area contributed by atoms with Crippen molar-refractivity contribution in [2.75, 3.05) is 31.1 Å². The number of anilines is 1. The van der Waals surface area contributed by atoms with Gasteiger partial charge in [-0.3, -0.25) is 10.1 Å². The quantitative estimate of drug-likeness (QED) is 0.268. The van der Waals surface area contributed by atoms with Gasteiger partial charge in [0.05, 0.1) is 11.4 Å². The Hall–Kier alpha value is -4.38. The standard InChI is InChI=1S/C27H30FN9O/c1-18-23(16-35(3)34-18)19-12-24(30-13-19)25(33-17-29)36-8-10-37(11-9-36)26-31-14-21(15-32-26)27(2,38)20-4-6-22(28)7-5-20/h4-7,12-17,29-30,38H,8-11H2,1-3H3/b29-17?,33-25+/t27-/m1/s1. The highest BCUT2D eigenvalue weighted by Crippen LogP contribution is 2.29. The monoisotopic (exact) mass is 515 g/mol. The Morgan fingerprint density at radius 2 is 1.82 bits per heavy atom. The topological polar surface area (TPSA) is 122 Å². The van der Waals surface area contributed by atoms with E-state index < -0.39 is 5.60 Å². The second kappa shape index (κ2) is 10.2. The van der Waals surface area contributed by atoms with Crippen molar-refractivity contribution in [2.24, 2.45) is 12.0 Å². The molecule has 10 nitrogen and oxygen atoms in total. The van der Waals surface area contributed by atoms with E-state index in [-0.39, 0.29) is 5.82 Å². The van der Waals surface area contributed by atoms with E-state index in [2.05, 4.69) is 34.8 Å². The number of aliphatic imine (C=N–C) groups is 1. The van der Waals surface area contributed by atoms with Crippen molar-refractivity contribution >= 4 is 18.1 Å². The van der Waals surface area contributed by atoms with Crippen LogP contribution < -0.4 is 4.90 Å². The van der Waals surface area contributed by atoms with Gasteiger partial charge in [0.2, 0.25) is 5.95 Å². The molecule has 0 bridgehead atoms. The number of piperazine rings is 1. The van der Waals surface area contributed by atoms with Crippen LogP contribution in [0.4, 0.5) is 10.3 Å². The van der Waals surface area contributed by atoms with Crippen molar-refractivity contribution in [3.63, 3.8) is 0 Å². The van der Waals surface area contributed by atoms with Crippen molar-refractivity contribution < 1.29 is 9.50 Å². The maximum atomic E-state index is 13.3. The van der Waals surface area contributed by atoms with Crippen molar-refractivity contribution in [3.8, 4) is 11.1 Å². The summed E-state index contributed by atoms with van der Waals surface area (Å²) >= 11 is 0. The number of nitrogens with zero attached hydrogens (tertiary/aromatic N) is 7. The van der Waals surface area contributed by atoms with E-state index in [9.17, 15) is 9.50 Å². The lowest BCUT2D eigenvalue weighted by molar-refractivity contribution is 0.101. The molecule has 11 heteroatoms. The van der Waals surface area contributed by atoms with Gasteiger partial charge in [-0.1, -0.05) is 12.1 Å². The molecule has 1 aliphatic heterocycles. The van der Waals surface area contributed by atoms with E-state index in [0.29, 0.717) is 49.1 Å². The molecule has 4 heterocycles. The van der Waals surface area contributed by atoms with Crippen molar-refractivity contribution in [2.45, 2.75) is 19.4 Å². The predicted molar refractivity (Wildman–Crippen MR) is 144 cm³/mol. The number of aliphatic hydroxyl groups is 1. The first-order valence-corrected chi connectivity index (χ1v) is 12.3. The summed E-state index contributed by atoms with van der Waals surface area (Å²) < 4.78 is 15.1. The van der Waals surface area contributed by atoms with E-state index in [0.717, 1.165) is 28.9 Å². The Kier molecular flexibility index (Phi) is 6.77. The van der Waals surface area contributed by atoms with Gasteiger partial charge in [-0.2, -0.15) is 5.10 Å². The average molecular weight is 516 g/mol. The number of hydrogen-bond donors (Lipinski definition) is 3. The van der Waals surface area contributed by atoms with Gasteiger partial charge >= 0.3 is 0 Å². The third-order valence-corrected chi connectivity index (χ3v) is 6.90. The molecule has 1 aromatic carbocycles. The Balaban J connectivity index is 1.27. The molecular formula is C27H30FN9O. The number of halogens is 1. The molecule has 3 aromatic heterocycles. The van der Waals surface area contributed by atoms with Crippen molar-refractivity contribution in [1.82, 2.24) is 29.6 Å². The maximum absolute atomic E-state index is 13.3. The molecule has 0 aliphatic carbocycles. The Morgan fingerprint density at radius 3 is 2.42 bits per heavy atom. The fourth-order valence-electron chi connectivity index (χ4n) is 4.74. The second-order valence-electron chi connectivity index (χ2n) is 9.51. The lowest BCUT2D eigenvalue weighted by Gasteiger charge is -2.36. The van der Waals surface area contributed by atoms with Gasteiger partial charge in [0.25, 0.3) is 0 Å². The van der Waals surface area contributed by atoms with Gasteiger partial charge in [-0.05, 0) is 37.6 Å². The molecule has 196 valence electrons. The summed E-state index contributed by atoms with van der Waals surface area (Å²) in [4.78, 5) is 20.9. The molecule has 0 saturated carbocycles. The fraction of sp³-hybridized carbons (Fsp3) is 0.296. The van der Waals surface area contributed by atoms with E-state index in [1.54, 1.807) is 36.1 Å². The van der Waals surface area contributed by atoms with Crippen molar-refractivity contribution in [1.29, 1.82) is 5.41 Å². The first-order valence-electron chi connectivity index (χ1n) is 12.3. The molecule has 0 radical (unpaired) electrons. The highest BCUT2D eigenvalue weighted by atomic mass is 19.1. The highest BCUT2D eigenvalue weighted by molar-refractivity contribution is 6.02. The lowest BCUT2D eigenvalue weighted by atomic mass is 9.90. The van der Waals surface area contributed by atoms with E-state index in [4.69, 9.17) is 5.41 Å². The summed E-state index contributed by atoms with van der Waals surface area (Å²) in [5.74, 6) is 0.923. The number of hydrogen-bond acceptors (Lipinski definition) is 6. The molecule has 38 heavy (non-hydrogen) atoms. The van der Waals surface area contributed by atoms with Crippen LogP contribution in [-0.4, -0.2) is 73.1 Å². The molecule has 1 fully saturated rings. The van der Waals surface area contributed by atoms with Gasteiger partial charge < -0.3 is 19.9 Å². The normalized spacial score (nSPS) is 16.0. The zero-order valence-electron chi connectivity index (χ0n) is 21.6. The van der Waals surface area contributed by atoms with Gasteiger partial charge in [0, 0.05) is 74.7 Å². The summed E-state index contributed by atoms with van der Waals surface area (Å²) in [6.07, 6.45) is 8.21. The minimum Gasteiger partial charge on any atom is -0.381 e. The predicted octanol–water partition coefficient (Wildman–Crippen LogP) is 3.08. The van der Waals surface area contributed by atoms with E-state index >= 15 is 0 Å². The number of nitrogens with one attached hydrogen (secondary N) is 2. The summed E-state index contributed by atoms with van der Waals surface area (Å²) in [6.45, 7) is 6.30. The minimum absolute atomic E-state index is 0.357. The zero-order valence-corrected chi connectivity index (χ0v) is 21.6. The smallest absolute Gasteiger partial charge is 0.225 e. The fourth-order valence-corrected chi connectivity index (χ4v) is 4.74. The third-order valence-electron chi connectivity index (χ3n) is 6.90. The number of H-pyrrole nitrogens is 1. The van der Waals surface area contributed by atoms with Crippen LogP contribution in [0.1, 0.15) is 29.4 Å². The van der Waals surface area contributed by atoms with Crippen LogP contribution in [-0.2, 0) is 12.6 Å². The lowest BCUT2D eigenvalue weighted by Crippen LogP contribution is -2.49. The van der Waals surface area contributed by atoms with Gasteiger partial charge in [0.1, 0.15) is 17.8 Å². The van der Waals surface area contributed by atoms with E-state index in [1.807, 2.05) is 32.4 Å². The summed E-state index contributed by atoms with van der Waals surface area (Å²) in [5.41, 5.74) is 3.60. The SMILES string of the molecule is Cc1nn(C)cc1-c1c[nH]c(/C(=N\C=N)N2CCN(c3ncc([C@](C)(O)c4ccc(F)cc4)cn3)CC2)c1. The number of aromatic amines is 1. The highest BCUT2D eigenvalue weighted by Gasteiger charge is 2.28. The van der Waals surface area contributed by atoms with Crippen LogP contribution in [0.25, 0.3) is 11.1 Å². The largest absolute Gasteiger partial charge is 0.381 e. The molecule has 3 N–H and O–H groups in total. The second-order valence-corrected chi connectivity index (χ2v) is 9.51. The number of benzene rings is 1. The minimum atomic E-state index is -1.34. The summed E-state index contributed by atoms with van der Waals surface area (Å²) in [6, 6.07) is 7.79. The summed E-state index contributed by atoms with van der Waals surface area (Å²) in [7, 11) is 1.90. The third kappa shape index (κ3) is 4.92. The van der Waals surface area contributed by atoms with Crippen LogP contribution in [0.2, 0.25) is 0 Å². The molecule has 5 rings (SSSR count). The van der Waals surface area contributed by atoms with E-state index in [1.165, 1.54) is 12.1 Å². The van der Waals surface area contributed by atoms with Crippen LogP contribution in [0.5, 0.6) is 0 Å². The molecule has 1 atom stereocenters. The Morgan fingerprint density at radius 1 is 1.13 bits per heavy atom. The van der Waals surface area contributed by atoms with Crippen LogP contribution in [0.15, 0.2) is 60.1 Å². The Bertz CT molecular complexity index is 1450. The molecular weight excluding hydrogens is 485 g/mol. The number of aromatic nitrogens is 5. The average Bonchev–Trinajstić information content (AvgIpc) is 3.53. The number of rotatable bonds is 6. The number of amidine groups is 1. The molecule has 4 aromatic rings. The number of aryl methyl sites for hydroxylation is 2. The molecule has 1 saturated heterocycles. The van der Waals surface area contributed by atoms with Gasteiger partial charge in [-0.25, -0.2) is 19.4 Å². The van der Waals surface area contributed by atoms with Crippen molar-refractivity contribution in [3.05, 3.63) is 83.5 Å². The maximum Gasteiger partial charge on any atom is 0.225 e. The Labute approximate surface area is 220 Å². The van der Waals surface area contributed by atoms with Crippen LogP contribution >= 0.6 is 0 Å². The first-order chi connectivity index (χ1) is 18.3. The van der Waals surface area contributed by atoms with Gasteiger partial charge in [0.15, 0.2) is 5.84 Å². The molecule has 1 aliphatic rings. The summed E-state index contributed by atoms with van der Waals surface area (Å²) in [5, 5.41) is 23.0. The molecule has 0 spiro atoms. The molecule has 0 amide bonds. The zero-order chi connectivity index (χ0) is 26.9. The van der Waals surface area contributed by atoms with Gasteiger partial charge in [-0.15, -0.1) is 0 Å².